The number of guanidine groups is 1. The summed E-state index contributed by atoms with van der Waals surface area (Å²) in [7, 11) is 0. The highest BCUT2D eigenvalue weighted by Crippen LogP contribution is 2.14. The first-order valence-corrected chi connectivity index (χ1v) is 10.2. The summed E-state index contributed by atoms with van der Waals surface area (Å²) in [5, 5.41) is 3.25. The number of nitrogens with one attached hydrogen (secondary N) is 1. The Kier molecular flexibility index (Phi) is 13.5. The largest absolute Gasteiger partial charge is 0.379 e. The van der Waals surface area contributed by atoms with Crippen LogP contribution in [-0.2, 0) is 17.8 Å². The van der Waals surface area contributed by atoms with Crippen LogP contribution in [0.25, 0.3) is 0 Å². The second-order valence-electron chi connectivity index (χ2n) is 7.05. The van der Waals surface area contributed by atoms with Crippen molar-refractivity contribution in [2.75, 3.05) is 32.8 Å². The van der Waals surface area contributed by atoms with Crippen molar-refractivity contribution < 1.29 is 4.74 Å². The van der Waals surface area contributed by atoms with Gasteiger partial charge in [0.15, 0.2) is 5.96 Å². The molecule has 0 aliphatic carbocycles. The van der Waals surface area contributed by atoms with Crippen molar-refractivity contribution in [1.82, 2.24) is 10.2 Å². The van der Waals surface area contributed by atoms with Gasteiger partial charge in [0.1, 0.15) is 0 Å². The van der Waals surface area contributed by atoms with Crippen LogP contribution in [0.2, 0.25) is 0 Å². The number of ether oxygens (including phenoxy) is 1. The second kappa shape index (κ2) is 15.1. The van der Waals surface area contributed by atoms with Crippen LogP contribution in [0.4, 0.5) is 0 Å². The molecule has 1 aliphatic heterocycles. The molecule has 0 spiro atoms. The Morgan fingerprint density at radius 1 is 1.07 bits per heavy atom. The minimum absolute atomic E-state index is 0. The smallest absolute Gasteiger partial charge is 0.188 e. The molecule has 1 aromatic rings. The number of nitrogens with zero attached hydrogens (tertiary/aromatic N) is 2. The maximum Gasteiger partial charge on any atom is 0.188 e. The Hall–Kier alpha value is -0.860. The van der Waals surface area contributed by atoms with E-state index in [-0.39, 0.29) is 24.0 Å². The third-order valence-electron chi connectivity index (χ3n) is 4.87. The third kappa shape index (κ3) is 10.3. The van der Waals surface area contributed by atoms with E-state index in [4.69, 9.17) is 10.5 Å². The Balaban J connectivity index is 0.00000364. The van der Waals surface area contributed by atoms with Gasteiger partial charge in [-0.2, -0.15) is 0 Å². The fraction of sp³-hybridized carbons (Fsp3) is 0.667. The Labute approximate surface area is 182 Å². The van der Waals surface area contributed by atoms with E-state index in [1.807, 2.05) is 0 Å². The van der Waals surface area contributed by atoms with E-state index in [0.717, 1.165) is 45.8 Å². The number of halogens is 1. The highest BCUT2D eigenvalue weighted by atomic mass is 127. The van der Waals surface area contributed by atoms with Crippen molar-refractivity contribution in [3.05, 3.63) is 35.4 Å². The molecule has 27 heavy (non-hydrogen) atoms. The van der Waals surface area contributed by atoms with Gasteiger partial charge < -0.3 is 15.8 Å². The summed E-state index contributed by atoms with van der Waals surface area (Å²) in [6, 6.07) is 8.53. The van der Waals surface area contributed by atoms with Gasteiger partial charge in [-0.3, -0.25) is 4.90 Å². The monoisotopic (exact) mass is 488 g/mol. The van der Waals surface area contributed by atoms with Gasteiger partial charge in [0, 0.05) is 26.2 Å². The van der Waals surface area contributed by atoms with Gasteiger partial charge in [0.25, 0.3) is 0 Å². The highest BCUT2D eigenvalue weighted by molar-refractivity contribution is 14.0. The van der Waals surface area contributed by atoms with Gasteiger partial charge >= 0.3 is 0 Å². The molecule has 5 nitrogen and oxygen atoms in total. The number of hydrogen-bond donors (Lipinski definition) is 2. The van der Waals surface area contributed by atoms with Crippen LogP contribution in [0.15, 0.2) is 29.3 Å². The number of unbranched alkanes of at least 4 members (excludes halogenated alkanes) is 5. The molecule has 1 aliphatic rings. The summed E-state index contributed by atoms with van der Waals surface area (Å²) in [4.78, 5) is 6.97. The summed E-state index contributed by atoms with van der Waals surface area (Å²) in [5.74, 6) is 0.555. The van der Waals surface area contributed by atoms with Crippen molar-refractivity contribution in [2.45, 2.75) is 58.5 Å². The second-order valence-corrected chi connectivity index (χ2v) is 7.05. The summed E-state index contributed by atoms with van der Waals surface area (Å²) >= 11 is 0. The van der Waals surface area contributed by atoms with E-state index in [1.165, 1.54) is 43.2 Å². The minimum Gasteiger partial charge on any atom is -0.379 e. The van der Waals surface area contributed by atoms with E-state index in [1.54, 1.807) is 0 Å². The van der Waals surface area contributed by atoms with E-state index in [2.05, 4.69) is 46.4 Å². The van der Waals surface area contributed by atoms with E-state index in [9.17, 15) is 0 Å². The number of morpholine rings is 1. The molecule has 3 N–H and O–H groups in total. The molecule has 1 heterocycles. The van der Waals surface area contributed by atoms with Crippen LogP contribution in [0, 0.1) is 0 Å². The number of hydrogen-bond acceptors (Lipinski definition) is 3. The minimum atomic E-state index is 0. The van der Waals surface area contributed by atoms with Crippen LogP contribution in [0.1, 0.15) is 56.6 Å². The van der Waals surface area contributed by atoms with Crippen molar-refractivity contribution in [2.24, 2.45) is 10.7 Å². The number of rotatable bonds is 11. The van der Waals surface area contributed by atoms with Crippen LogP contribution < -0.4 is 11.1 Å². The molecule has 1 saturated heterocycles. The summed E-state index contributed by atoms with van der Waals surface area (Å²) in [6.07, 6.45) is 7.74. The summed E-state index contributed by atoms with van der Waals surface area (Å²) < 4.78 is 5.43. The van der Waals surface area contributed by atoms with Crippen molar-refractivity contribution >= 4 is 29.9 Å². The highest BCUT2D eigenvalue weighted by Gasteiger charge is 2.12. The molecule has 0 saturated carbocycles. The molecule has 0 unspecified atom stereocenters. The molecule has 154 valence electrons. The van der Waals surface area contributed by atoms with Crippen LogP contribution in [-0.4, -0.2) is 43.7 Å². The van der Waals surface area contributed by atoms with Crippen LogP contribution in [0.3, 0.4) is 0 Å². The molecule has 0 aromatic heterocycles. The number of nitrogens with two attached hydrogens (primary N) is 1. The molecule has 0 radical (unpaired) electrons. The lowest BCUT2D eigenvalue weighted by atomic mass is 10.1. The van der Waals surface area contributed by atoms with E-state index in [0.29, 0.717) is 12.5 Å². The maximum absolute atomic E-state index is 6.03. The first-order valence-electron chi connectivity index (χ1n) is 10.2. The predicted molar refractivity (Wildman–Crippen MR) is 125 cm³/mol. The van der Waals surface area contributed by atoms with E-state index >= 15 is 0 Å². The number of benzene rings is 1. The first-order chi connectivity index (χ1) is 12.8. The molecule has 1 fully saturated rings. The zero-order valence-electron chi connectivity index (χ0n) is 16.8. The lowest BCUT2D eigenvalue weighted by Gasteiger charge is -2.27. The van der Waals surface area contributed by atoms with Gasteiger partial charge in [-0.05, 0) is 17.5 Å². The lowest BCUT2D eigenvalue weighted by Crippen LogP contribution is -2.36. The number of aliphatic imine (C=N–C) groups is 1. The average molecular weight is 488 g/mol. The third-order valence-corrected chi connectivity index (χ3v) is 4.87. The fourth-order valence-corrected chi connectivity index (χ4v) is 3.21. The standard InChI is InChI=1S/C21H36N4O.HI/c1-2-3-4-5-6-9-12-23-21(22)24-17-19-10-7-8-11-20(19)18-25-13-15-26-16-14-25;/h7-8,10-11H,2-6,9,12-18H2,1H3,(H3,22,23,24);1H. The van der Waals surface area contributed by atoms with Crippen LogP contribution >= 0.6 is 24.0 Å². The molecule has 2 rings (SSSR count). The summed E-state index contributed by atoms with van der Waals surface area (Å²) in [6.45, 7) is 8.41. The summed E-state index contributed by atoms with van der Waals surface area (Å²) in [5.41, 5.74) is 8.62. The van der Waals surface area contributed by atoms with Gasteiger partial charge in [-0.15, -0.1) is 24.0 Å². The molecule has 1 aromatic carbocycles. The lowest BCUT2D eigenvalue weighted by molar-refractivity contribution is 0.0341. The molecule has 0 bridgehead atoms. The van der Waals surface area contributed by atoms with Gasteiger partial charge in [0.05, 0.1) is 19.8 Å². The fourth-order valence-electron chi connectivity index (χ4n) is 3.21. The van der Waals surface area contributed by atoms with Crippen molar-refractivity contribution in [3.8, 4) is 0 Å². The molecule has 0 atom stereocenters. The zero-order valence-corrected chi connectivity index (χ0v) is 19.1. The molecule has 0 amide bonds. The average Bonchev–Trinajstić information content (AvgIpc) is 2.67. The molecular weight excluding hydrogens is 451 g/mol. The predicted octanol–water partition coefficient (Wildman–Crippen LogP) is 3.90. The Bertz CT molecular complexity index is 533. The SMILES string of the molecule is CCCCCCCCNC(N)=NCc1ccccc1CN1CCOCC1.I. The molecule has 6 heteroatoms. The van der Waals surface area contributed by atoms with Gasteiger partial charge in [-0.25, -0.2) is 4.99 Å². The zero-order chi connectivity index (χ0) is 18.5. The quantitative estimate of drug-likeness (QED) is 0.215. The topological polar surface area (TPSA) is 62.9 Å². The van der Waals surface area contributed by atoms with Gasteiger partial charge in [-0.1, -0.05) is 63.3 Å². The Morgan fingerprint density at radius 3 is 2.48 bits per heavy atom. The molecular formula is C21H37IN4O. The Morgan fingerprint density at radius 2 is 1.74 bits per heavy atom. The van der Waals surface area contributed by atoms with Gasteiger partial charge in [0.2, 0.25) is 0 Å². The first kappa shape index (κ1) is 24.2. The van der Waals surface area contributed by atoms with Crippen molar-refractivity contribution in [1.29, 1.82) is 0 Å². The van der Waals surface area contributed by atoms with E-state index < -0.39 is 0 Å². The van der Waals surface area contributed by atoms with Crippen LogP contribution in [0.5, 0.6) is 0 Å². The maximum atomic E-state index is 6.03. The normalized spacial score (nSPS) is 15.4. The van der Waals surface area contributed by atoms with Crippen molar-refractivity contribution in [3.63, 3.8) is 0 Å².